The molecule has 0 aromatic rings. The van der Waals surface area contributed by atoms with E-state index in [4.69, 9.17) is 4.74 Å². The summed E-state index contributed by atoms with van der Waals surface area (Å²) < 4.78 is 4.87. The Balaban J connectivity index is 3.68. The van der Waals surface area contributed by atoms with Crippen molar-refractivity contribution < 1.29 is 9.53 Å². The predicted octanol–water partition coefficient (Wildman–Crippen LogP) is 2.15. The van der Waals surface area contributed by atoms with Crippen molar-refractivity contribution in [2.45, 2.75) is 33.8 Å². The molecule has 11 heavy (non-hydrogen) atoms. The summed E-state index contributed by atoms with van der Waals surface area (Å²) in [4.78, 5) is 10.4. The minimum atomic E-state index is -0.231. The van der Waals surface area contributed by atoms with Crippen LogP contribution < -0.4 is 0 Å². The van der Waals surface area contributed by atoms with E-state index in [-0.39, 0.29) is 12.1 Å². The van der Waals surface area contributed by atoms with Gasteiger partial charge in [-0.3, -0.25) is 4.79 Å². The molecule has 0 aliphatic heterocycles. The first-order valence-electron chi connectivity index (χ1n) is 3.88. The topological polar surface area (TPSA) is 26.3 Å². The average Bonchev–Trinajstić information content (AvgIpc) is 1.82. The van der Waals surface area contributed by atoms with Crippen LogP contribution in [0.15, 0.2) is 12.2 Å². The minimum Gasteiger partial charge on any atom is -0.459 e. The molecule has 1 atom stereocenters. The molecule has 0 saturated carbocycles. The first-order chi connectivity index (χ1) is 5.02. The number of carbonyl (C=O) groups excluding carboxylic acids is 1. The quantitative estimate of drug-likeness (QED) is 0.462. The molecule has 0 unspecified atom stereocenters. The van der Waals surface area contributed by atoms with Crippen LogP contribution in [0.1, 0.15) is 27.7 Å². The lowest BCUT2D eigenvalue weighted by Gasteiger charge is -2.06. The van der Waals surface area contributed by atoms with Crippen LogP contribution in [0.5, 0.6) is 0 Å². The van der Waals surface area contributed by atoms with E-state index in [1.807, 2.05) is 19.1 Å². The molecule has 0 aromatic heterocycles. The minimum absolute atomic E-state index is 0.102. The fourth-order valence-corrected chi connectivity index (χ4v) is 0.680. The molecular formula is C9H16O2. The molecule has 0 N–H and O–H groups in total. The first-order valence-corrected chi connectivity index (χ1v) is 3.88. The largest absolute Gasteiger partial charge is 0.459 e. The third-order valence-corrected chi connectivity index (χ3v) is 1.12. The van der Waals surface area contributed by atoms with Crippen molar-refractivity contribution in [3.8, 4) is 0 Å². The highest BCUT2D eigenvalue weighted by Crippen LogP contribution is 1.98. The Bertz CT molecular complexity index is 148. The second kappa shape index (κ2) is 4.94. The van der Waals surface area contributed by atoms with Crippen molar-refractivity contribution in [2.75, 3.05) is 0 Å². The highest BCUT2D eigenvalue weighted by atomic mass is 16.5. The van der Waals surface area contributed by atoms with E-state index in [2.05, 4.69) is 13.8 Å². The number of carbonyl (C=O) groups is 1. The molecule has 0 bridgehead atoms. The maximum absolute atomic E-state index is 10.4. The summed E-state index contributed by atoms with van der Waals surface area (Å²) in [6, 6.07) is 0. The van der Waals surface area contributed by atoms with E-state index in [0.717, 1.165) is 0 Å². The van der Waals surface area contributed by atoms with Crippen molar-refractivity contribution in [1.82, 2.24) is 0 Å². The highest BCUT2D eigenvalue weighted by Gasteiger charge is 1.99. The molecule has 0 spiro atoms. The van der Waals surface area contributed by atoms with Crippen LogP contribution in [-0.4, -0.2) is 12.1 Å². The zero-order valence-electron chi connectivity index (χ0n) is 7.63. The van der Waals surface area contributed by atoms with Crippen LogP contribution in [0, 0.1) is 5.92 Å². The van der Waals surface area contributed by atoms with E-state index in [1.165, 1.54) is 6.92 Å². The Morgan fingerprint density at radius 3 is 2.18 bits per heavy atom. The molecule has 0 radical (unpaired) electrons. The molecule has 64 valence electrons. The van der Waals surface area contributed by atoms with Gasteiger partial charge in [-0.25, -0.2) is 0 Å². The first kappa shape index (κ1) is 10.2. The van der Waals surface area contributed by atoms with Gasteiger partial charge in [0, 0.05) is 6.92 Å². The van der Waals surface area contributed by atoms with E-state index in [9.17, 15) is 4.79 Å². The Morgan fingerprint density at radius 1 is 1.27 bits per heavy atom. The van der Waals surface area contributed by atoms with Gasteiger partial charge < -0.3 is 4.74 Å². The zero-order valence-corrected chi connectivity index (χ0v) is 7.63. The van der Waals surface area contributed by atoms with Crippen molar-refractivity contribution in [3.63, 3.8) is 0 Å². The van der Waals surface area contributed by atoms with Crippen molar-refractivity contribution in [2.24, 2.45) is 5.92 Å². The van der Waals surface area contributed by atoms with Gasteiger partial charge in [-0.1, -0.05) is 19.9 Å². The van der Waals surface area contributed by atoms with Gasteiger partial charge in [0.05, 0.1) is 0 Å². The lowest BCUT2D eigenvalue weighted by Crippen LogP contribution is -2.08. The molecule has 0 saturated heterocycles. The van der Waals surface area contributed by atoms with Crippen LogP contribution in [0.2, 0.25) is 0 Å². The summed E-state index contributed by atoms with van der Waals surface area (Å²) >= 11 is 0. The van der Waals surface area contributed by atoms with Crippen LogP contribution in [0.4, 0.5) is 0 Å². The van der Waals surface area contributed by atoms with Gasteiger partial charge in [-0.05, 0) is 18.9 Å². The van der Waals surface area contributed by atoms with E-state index < -0.39 is 0 Å². The zero-order chi connectivity index (χ0) is 8.85. The summed E-state index contributed by atoms with van der Waals surface area (Å²) in [5, 5.41) is 0. The Hall–Kier alpha value is -0.790. The monoisotopic (exact) mass is 156 g/mol. The van der Waals surface area contributed by atoms with Gasteiger partial charge in [0.25, 0.3) is 0 Å². The molecule has 0 aliphatic rings. The lowest BCUT2D eigenvalue weighted by atomic mass is 10.2. The molecule has 0 heterocycles. The Labute approximate surface area is 68.2 Å². The standard InChI is InChI=1S/C9H16O2/c1-7(2)5-6-8(3)11-9(4)10/h5-8H,1-4H3/b6-5+/t8-/m1/s1. The van der Waals surface area contributed by atoms with E-state index >= 15 is 0 Å². The van der Waals surface area contributed by atoms with E-state index in [0.29, 0.717) is 5.92 Å². The number of ether oxygens (including phenoxy) is 1. The number of rotatable bonds is 3. The molecule has 0 aliphatic carbocycles. The summed E-state index contributed by atoms with van der Waals surface area (Å²) in [5.41, 5.74) is 0. The third-order valence-electron chi connectivity index (χ3n) is 1.12. The fourth-order valence-electron chi connectivity index (χ4n) is 0.680. The van der Waals surface area contributed by atoms with Gasteiger partial charge in [-0.2, -0.15) is 0 Å². The van der Waals surface area contributed by atoms with Gasteiger partial charge >= 0.3 is 5.97 Å². The Kier molecular flexibility index (Phi) is 4.59. The van der Waals surface area contributed by atoms with Crippen LogP contribution in [0.3, 0.4) is 0 Å². The van der Waals surface area contributed by atoms with Gasteiger partial charge in [0.1, 0.15) is 6.10 Å². The summed E-state index contributed by atoms with van der Waals surface area (Å²) in [6.07, 6.45) is 3.81. The third kappa shape index (κ3) is 7.10. The molecule has 0 fully saturated rings. The molecule has 0 aromatic carbocycles. The van der Waals surface area contributed by atoms with Gasteiger partial charge in [0.15, 0.2) is 0 Å². The fraction of sp³-hybridized carbons (Fsp3) is 0.667. The van der Waals surface area contributed by atoms with Crippen LogP contribution in [0.25, 0.3) is 0 Å². The summed E-state index contributed by atoms with van der Waals surface area (Å²) in [6.45, 7) is 7.42. The number of hydrogen-bond acceptors (Lipinski definition) is 2. The molecule has 0 amide bonds. The number of hydrogen-bond donors (Lipinski definition) is 0. The SMILES string of the molecule is CC(=O)O[C@H](C)/C=C/C(C)C. The second-order valence-electron chi connectivity index (χ2n) is 2.94. The van der Waals surface area contributed by atoms with Gasteiger partial charge in [0.2, 0.25) is 0 Å². The molecule has 2 nitrogen and oxygen atoms in total. The van der Waals surface area contributed by atoms with E-state index in [1.54, 1.807) is 0 Å². The smallest absolute Gasteiger partial charge is 0.303 e. The molecule has 0 rings (SSSR count). The average molecular weight is 156 g/mol. The van der Waals surface area contributed by atoms with Crippen LogP contribution >= 0.6 is 0 Å². The Morgan fingerprint density at radius 2 is 1.82 bits per heavy atom. The van der Waals surface area contributed by atoms with Crippen molar-refractivity contribution in [1.29, 1.82) is 0 Å². The summed E-state index contributed by atoms with van der Waals surface area (Å²) in [5.74, 6) is 0.277. The number of esters is 1. The predicted molar refractivity (Wildman–Crippen MR) is 45.2 cm³/mol. The van der Waals surface area contributed by atoms with Crippen LogP contribution in [-0.2, 0) is 9.53 Å². The maximum atomic E-state index is 10.4. The van der Waals surface area contributed by atoms with Crippen molar-refractivity contribution in [3.05, 3.63) is 12.2 Å². The maximum Gasteiger partial charge on any atom is 0.303 e. The lowest BCUT2D eigenvalue weighted by molar-refractivity contribution is -0.143. The number of allylic oxidation sites excluding steroid dienone is 1. The molecule has 2 heteroatoms. The highest BCUT2D eigenvalue weighted by molar-refractivity contribution is 5.66. The van der Waals surface area contributed by atoms with Crippen molar-refractivity contribution >= 4 is 5.97 Å². The van der Waals surface area contributed by atoms with Gasteiger partial charge in [-0.15, -0.1) is 0 Å². The normalized spacial score (nSPS) is 13.9. The second-order valence-corrected chi connectivity index (χ2v) is 2.94. The summed E-state index contributed by atoms with van der Waals surface area (Å²) in [7, 11) is 0. The molecular weight excluding hydrogens is 140 g/mol.